The highest BCUT2D eigenvalue weighted by atomic mass is 16.2. The van der Waals surface area contributed by atoms with Crippen LogP contribution < -0.4 is 11.0 Å². The van der Waals surface area contributed by atoms with Crippen LogP contribution >= 0.6 is 0 Å². The lowest BCUT2D eigenvalue weighted by molar-refractivity contribution is -0.133. The molecular weight excluding hydrogens is 372 g/mol. The Morgan fingerprint density at radius 3 is 2.69 bits per heavy atom. The molecule has 29 heavy (non-hydrogen) atoms. The fourth-order valence-corrected chi connectivity index (χ4v) is 3.58. The Labute approximate surface area is 167 Å². The number of likely N-dealkylation sites (tertiary alicyclic amines) is 1. The van der Waals surface area contributed by atoms with Gasteiger partial charge in [-0.3, -0.25) is 14.6 Å². The molecule has 0 saturated carbocycles. The first-order valence-corrected chi connectivity index (χ1v) is 9.56. The van der Waals surface area contributed by atoms with E-state index in [0.29, 0.717) is 37.1 Å². The van der Waals surface area contributed by atoms with Crippen LogP contribution in [0, 0.1) is 6.92 Å². The Kier molecular flexibility index (Phi) is 5.11. The highest BCUT2D eigenvalue weighted by Crippen LogP contribution is 2.13. The van der Waals surface area contributed by atoms with E-state index in [0.717, 1.165) is 10.2 Å². The third kappa shape index (κ3) is 3.89. The zero-order valence-corrected chi connectivity index (χ0v) is 16.1. The van der Waals surface area contributed by atoms with Gasteiger partial charge in [0.15, 0.2) is 5.65 Å². The Morgan fingerprint density at radius 2 is 1.97 bits per heavy atom. The van der Waals surface area contributed by atoms with Gasteiger partial charge in [-0.05, 0) is 31.4 Å². The molecule has 1 aliphatic heterocycles. The second kappa shape index (κ2) is 7.86. The number of benzene rings is 1. The molecule has 3 aromatic rings. The van der Waals surface area contributed by atoms with Crippen molar-refractivity contribution in [2.24, 2.45) is 0 Å². The van der Waals surface area contributed by atoms with Crippen molar-refractivity contribution in [3.63, 3.8) is 0 Å². The summed E-state index contributed by atoms with van der Waals surface area (Å²) in [4.78, 5) is 43.0. The minimum absolute atomic E-state index is 0.0233. The van der Waals surface area contributed by atoms with Crippen molar-refractivity contribution in [1.29, 1.82) is 0 Å². The average Bonchev–Trinajstić information content (AvgIpc) is 3.04. The summed E-state index contributed by atoms with van der Waals surface area (Å²) in [5.41, 5.74) is 1.65. The summed E-state index contributed by atoms with van der Waals surface area (Å²) in [5.74, 6) is -0.245. The highest BCUT2D eigenvalue weighted by Gasteiger charge is 2.25. The lowest BCUT2D eigenvalue weighted by Crippen LogP contribution is -2.47. The second-order valence-corrected chi connectivity index (χ2v) is 7.19. The van der Waals surface area contributed by atoms with E-state index in [4.69, 9.17) is 0 Å². The van der Waals surface area contributed by atoms with Gasteiger partial charge in [0, 0.05) is 37.1 Å². The molecule has 150 valence electrons. The molecule has 2 amide bonds. The molecule has 2 aromatic heterocycles. The van der Waals surface area contributed by atoms with Crippen LogP contribution in [0.1, 0.15) is 28.8 Å². The smallest absolute Gasteiger partial charge is 0.349 e. The number of hydrogen-bond acceptors (Lipinski definition) is 5. The Hall–Kier alpha value is -3.49. The van der Waals surface area contributed by atoms with Gasteiger partial charge in [-0.25, -0.2) is 13.9 Å². The quantitative estimate of drug-likeness (QED) is 0.699. The van der Waals surface area contributed by atoms with E-state index in [1.54, 1.807) is 4.90 Å². The van der Waals surface area contributed by atoms with Crippen molar-refractivity contribution in [1.82, 2.24) is 29.4 Å². The molecule has 0 bridgehead atoms. The van der Waals surface area contributed by atoms with Crippen LogP contribution in [0.5, 0.6) is 0 Å². The van der Waals surface area contributed by atoms with Gasteiger partial charge in [-0.1, -0.05) is 18.2 Å². The summed E-state index contributed by atoms with van der Waals surface area (Å²) >= 11 is 0. The number of aryl methyl sites for hydroxylation is 1. The topological polar surface area (TPSA) is 102 Å². The lowest BCUT2D eigenvalue weighted by atomic mass is 10.0. The first kappa shape index (κ1) is 18.9. The average molecular weight is 394 g/mol. The number of carbonyl (C=O) groups is 2. The van der Waals surface area contributed by atoms with Crippen LogP contribution in [0.2, 0.25) is 0 Å². The second-order valence-electron chi connectivity index (χ2n) is 7.19. The van der Waals surface area contributed by atoms with Crippen molar-refractivity contribution < 1.29 is 9.59 Å². The van der Waals surface area contributed by atoms with Gasteiger partial charge in [-0.15, -0.1) is 5.10 Å². The molecule has 9 heteroatoms. The van der Waals surface area contributed by atoms with Crippen LogP contribution in [-0.4, -0.2) is 55.0 Å². The fraction of sp³-hybridized carbons (Fsp3) is 0.350. The molecule has 1 N–H and O–H groups in total. The van der Waals surface area contributed by atoms with E-state index < -0.39 is 0 Å². The van der Waals surface area contributed by atoms with E-state index in [9.17, 15) is 14.4 Å². The summed E-state index contributed by atoms with van der Waals surface area (Å²) in [7, 11) is 0. The monoisotopic (exact) mass is 394 g/mol. The fourth-order valence-electron chi connectivity index (χ4n) is 3.58. The van der Waals surface area contributed by atoms with Crippen molar-refractivity contribution in [2.75, 3.05) is 13.1 Å². The molecule has 0 spiro atoms. The number of piperidine rings is 1. The zero-order valence-electron chi connectivity index (χ0n) is 16.1. The third-order valence-electron chi connectivity index (χ3n) is 5.25. The van der Waals surface area contributed by atoms with Gasteiger partial charge in [-0.2, -0.15) is 0 Å². The van der Waals surface area contributed by atoms with Gasteiger partial charge in [0.05, 0.1) is 6.20 Å². The molecular formula is C20H22N6O3. The minimum atomic E-state index is -0.365. The van der Waals surface area contributed by atoms with Gasteiger partial charge in [0.1, 0.15) is 6.54 Å². The van der Waals surface area contributed by atoms with E-state index in [1.165, 1.54) is 23.0 Å². The van der Waals surface area contributed by atoms with E-state index >= 15 is 0 Å². The predicted molar refractivity (Wildman–Crippen MR) is 105 cm³/mol. The number of amides is 2. The van der Waals surface area contributed by atoms with Crippen LogP contribution in [0.15, 0.2) is 47.7 Å². The standard InChI is InChI=1S/C20H22N6O3/c1-14-4-2-3-5-16(14)19(28)22-15-6-9-24(10-7-15)18(27)13-26-20(29)25-11-8-21-12-17(25)23-26/h2-5,8,11-12,15H,6-7,9-10,13H2,1H3,(H,22,28). The number of hydrogen-bond donors (Lipinski definition) is 1. The number of fused-ring (bicyclic) bond motifs is 1. The molecule has 1 saturated heterocycles. The van der Waals surface area contributed by atoms with Crippen molar-refractivity contribution in [3.05, 3.63) is 64.5 Å². The molecule has 0 unspecified atom stereocenters. The number of rotatable bonds is 4. The van der Waals surface area contributed by atoms with Gasteiger partial charge in [0.25, 0.3) is 5.91 Å². The molecule has 0 radical (unpaired) electrons. The third-order valence-corrected chi connectivity index (χ3v) is 5.25. The van der Waals surface area contributed by atoms with Gasteiger partial charge in [0.2, 0.25) is 5.91 Å². The summed E-state index contributed by atoms with van der Waals surface area (Å²) in [6.07, 6.45) is 5.85. The number of nitrogens with one attached hydrogen (secondary N) is 1. The zero-order chi connectivity index (χ0) is 20.4. The van der Waals surface area contributed by atoms with Crippen molar-refractivity contribution in [3.8, 4) is 0 Å². The first-order valence-electron chi connectivity index (χ1n) is 9.56. The number of carbonyl (C=O) groups excluding carboxylic acids is 2. The van der Waals surface area contributed by atoms with Crippen molar-refractivity contribution >= 4 is 17.5 Å². The lowest BCUT2D eigenvalue weighted by Gasteiger charge is -2.32. The molecule has 9 nitrogen and oxygen atoms in total. The van der Waals surface area contributed by atoms with Crippen LogP contribution in [0.3, 0.4) is 0 Å². The maximum atomic E-state index is 12.6. The number of aromatic nitrogens is 4. The Morgan fingerprint density at radius 1 is 1.21 bits per heavy atom. The van der Waals surface area contributed by atoms with E-state index in [2.05, 4.69) is 15.4 Å². The summed E-state index contributed by atoms with van der Waals surface area (Å²) in [6, 6.07) is 7.50. The van der Waals surface area contributed by atoms with Gasteiger partial charge >= 0.3 is 5.69 Å². The predicted octanol–water partition coefficient (Wildman–Crippen LogP) is 0.620. The SMILES string of the molecule is Cc1ccccc1C(=O)NC1CCN(C(=O)Cn2nc3cnccn3c2=O)CC1. The Bertz CT molecular complexity index is 1110. The summed E-state index contributed by atoms with van der Waals surface area (Å²) in [6.45, 7) is 2.86. The first-order chi connectivity index (χ1) is 14.0. The molecule has 1 aliphatic rings. The largest absolute Gasteiger partial charge is 0.350 e. The summed E-state index contributed by atoms with van der Waals surface area (Å²) < 4.78 is 2.51. The molecule has 0 atom stereocenters. The van der Waals surface area contributed by atoms with Crippen LogP contribution in [0.25, 0.3) is 5.65 Å². The molecule has 4 rings (SSSR count). The number of nitrogens with zero attached hydrogens (tertiary/aromatic N) is 5. The van der Waals surface area contributed by atoms with Crippen LogP contribution in [0.4, 0.5) is 0 Å². The highest BCUT2D eigenvalue weighted by molar-refractivity contribution is 5.95. The minimum Gasteiger partial charge on any atom is -0.349 e. The van der Waals surface area contributed by atoms with Gasteiger partial charge < -0.3 is 10.2 Å². The summed E-state index contributed by atoms with van der Waals surface area (Å²) in [5, 5.41) is 7.20. The molecule has 0 aliphatic carbocycles. The van der Waals surface area contributed by atoms with Crippen LogP contribution in [-0.2, 0) is 11.3 Å². The normalized spacial score (nSPS) is 14.9. The maximum absolute atomic E-state index is 12.6. The Balaban J connectivity index is 1.34. The van der Waals surface area contributed by atoms with E-state index in [1.807, 2.05) is 31.2 Å². The molecule has 3 heterocycles. The van der Waals surface area contributed by atoms with Crippen molar-refractivity contribution in [2.45, 2.75) is 32.4 Å². The maximum Gasteiger partial charge on any atom is 0.350 e. The van der Waals surface area contributed by atoms with E-state index in [-0.39, 0.29) is 30.1 Å². The molecule has 1 aromatic carbocycles. The molecule has 1 fully saturated rings.